The monoisotopic (exact) mass is 358 g/mol. The molecule has 4 nitrogen and oxygen atoms in total. The van der Waals surface area contributed by atoms with Crippen LogP contribution in [0.2, 0.25) is 5.02 Å². The number of rotatable bonds is 5. The van der Waals surface area contributed by atoms with Gasteiger partial charge in [-0.05, 0) is 56.5 Å². The van der Waals surface area contributed by atoms with Gasteiger partial charge in [-0.25, -0.2) is 0 Å². The highest BCUT2D eigenvalue weighted by molar-refractivity contribution is 6.30. The molecule has 1 aliphatic heterocycles. The zero-order valence-electron chi connectivity index (χ0n) is 13.4. The number of nitrogens with one attached hydrogen (secondary N) is 2. The van der Waals surface area contributed by atoms with Crippen LogP contribution in [0.25, 0.3) is 0 Å². The summed E-state index contributed by atoms with van der Waals surface area (Å²) in [6, 6.07) is 7.97. The van der Waals surface area contributed by atoms with Crippen LogP contribution in [-0.4, -0.2) is 38.3 Å². The van der Waals surface area contributed by atoms with Crippen LogP contribution in [-0.2, 0) is 14.9 Å². The Balaban J connectivity index is 0.00000192. The van der Waals surface area contributed by atoms with Crippen molar-refractivity contribution in [2.24, 2.45) is 0 Å². The van der Waals surface area contributed by atoms with Crippen molar-refractivity contribution < 1.29 is 9.53 Å². The number of hydrogen-bond acceptors (Lipinski definition) is 3. The summed E-state index contributed by atoms with van der Waals surface area (Å²) in [7, 11) is 1.63. The molecule has 0 atom stereocenters. The highest BCUT2D eigenvalue weighted by Gasteiger charge is 2.46. The van der Waals surface area contributed by atoms with Gasteiger partial charge in [-0.1, -0.05) is 23.7 Å². The number of ether oxygens (including phenoxy) is 1. The third-order valence-electron chi connectivity index (χ3n) is 5.09. The molecule has 0 bridgehead atoms. The van der Waals surface area contributed by atoms with E-state index >= 15 is 0 Å². The minimum absolute atomic E-state index is 0. The number of carbonyl (C=O) groups is 1. The number of methoxy groups -OCH3 is 1. The van der Waals surface area contributed by atoms with Crippen molar-refractivity contribution in [1.29, 1.82) is 0 Å². The van der Waals surface area contributed by atoms with Crippen molar-refractivity contribution in [2.45, 2.75) is 36.7 Å². The van der Waals surface area contributed by atoms with E-state index in [0.717, 1.165) is 43.8 Å². The van der Waals surface area contributed by atoms with Crippen LogP contribution in [0.5, 0.6) is 0 Å². The smallest absolute Gasteiger partial charge is 0.252 e. The third kappa shape index (κ3) is 3.82. The molecule has 23 heavy (non-hydrogen) atoms. The second-order valence-corrected chi connectivity index (χ2v) is 6.86. The lowest BCUT2D eigenvalue weighted by Crippen LogP contribution is -2.55. The van der Waals surface area contributed by atoms with Crippen molar-refractivity contribution in [3.8, 4) is 0 Å². The van der Waals surface area contributed by atoms with Crippen LogP contribution in [0.15, 0.2) is 24.3 Å². The molecule has 1 amide bonds. The van der Waals surface area contributed by atoms with E-state index in [1.165, 1.54) is 5.56 Å². The van der Waals surface area contributed by atoms with Gasteiger partial charge in [0.2, 0.25) is 0 Å². The lowest BCUT2D eigenvalue weighted by molar-refractivity contribution is -0.146. The summed E-state index contributed by atoms with van der Waals surface area (Å²) in [5, 5.41) is 7.15. The summed E-state index contributed by atoms with van der Waals surface area (Å²) < 4.78 is 5.58. The fourth-order valence-electron chi connectivity index (χ4n) is 3.30. The number of amides is 1. The van der Waals surface area contributed by atoms with E-state index in [1.807, 2.05) is 18.2 Å². The zero-order chi connectivity index (χ0) is 15.6. The molecule has 2 fully saturated rings. The summed E-state index contributed by atoms with van der Waals surface area (Å²) in [6.45, 7) is 2.30. The quantitative estimate of drug-likeness (QED) is 0.850. The zero-order valence-corrected chi connectivity index (χ0v) is 14.9. The molecule has 128 valence electrons. The van der Waals surface area contributed by atoms with Gasteiger partial charge in [-0.2, -0.15) is 0 Å². The molecule has 1 saturated carbocycles. The van der Waals surface area contributed by atoms with Crippen LogP contribution in [0.3, 0.4) is 0 Å². The number of benzene rings is 1. The molecule has 6 heteroatoms. The van der Waals surface area contributed by atoms with E-state index in [1.54, 1.807) is 7.11 Å². The Morgan fingerprint density at radius 3 is 2.57 bits per heavy atom. The van der Waals surface area contributed by atoms with Gasteiger partial charge >= 0.3 is 0 Å². The van der Waals surface area contributed by atoms with Crippen LogP contribution in [0.1, 0.15) is 31.2 Å². The van der Waals surface area contributed by atoms with E-state index in [-0.39, 0.29) is 23.7 Å². The van der Waals surface area contributed by atoms with Crippen molar-refractivity contribution in [3.63, 3.8) is 0 Å². The molecule has 1 saturated heterocycles. The molecule has 1 aromatic rings. The minimum Gasteiger partial charge on any atom is -0.368 e. The van der Waals surface area contributed by atoms with E-state index in [4.69, 9.17) is 16.3 Å². The van der Waals surface area contributed by atoms with Gasteiger partial charge in [-0.15, -0.1) is 12.4 Å². The first kappa shape index (κ1) is 18.5. The Bertz CT molecular complexity index is 555. The molecular weight excluding hydrogens is 335 g/mol. The summed E-state index contributed by atoms with van der Waals surface area (Å²) in [5.74, 6) is 0.0183. The van der Waals surface area contributed by atoms with Gasteiger partial charge < -0.3 is 15.4 Å². The molecule has 2 N–H and O–H groups in total. The molecule has 0 spiro atoms. The van der Waals surface area contributed by atoms with Gasteiger partial charge in [0.25, 0.3) is 5.91 Å². The van der Waals surface area contributed by atoms with Crippen LogP contribution < -0.4 is 10.6 Å². The second kappa shape index (κ2) is 7.39. The van der Waals surface area contributed by atoms with E-state index in [9.17, 15) is 4.79 Å². The predicted molar refractivity (Wildman–Crippen MR) is 94.5 cm³/mol. The number of carbonyl (C=O) groups excluding carboxylic acids is 1. The van der Waals surface area contributed by atoms with E-state index < -0.39 is 5.60 Å². The topological polar surface area (TPSA) is 50.4 Å². The average Bonchev–Trinajstić information content (AvgIpc) is 3.34. The van der Waals surface area contributed by atoms with E-state index in [2.05, 4.69) is 16.7 Å². The van der Waals surface area contributed by atoms with Crippen LogP contribution >= 0.6 is 24.0 Å². The Kier molecular flexibility index (Phi) is 5.95. The van der Waals surface area contributed by atoms with Crippen molar-refractivity contribution in [3.05, 3.63) is 34.9 Å². The first-order chi connectivity index (χ1) is 10.6. The van der Waals surface area contributed by atoms with Crippen LogP contribution in [0, 0.1) is 0 Å². The first-order valence-electron chi connectivity index (χ1n) is 7.91. The molecule has 0 unspecified atom stereocenters. The molecule has 1 aliphatic carbocycles. The van der Waals surface area contributed by atoms with Gasteiger partial charge in [0, 0.05) is 24.1 Å². The molecular formula is C17H24Cl2N2O2. The second-order valence-electron chi connectivity index (χ2n) is 6.42. The van der Waals surface area contributed by atoms with Gasteiger partial charge in [0.1, 0.15) is 5.60 Å². The van der Waals surface area contributed by atoms with Crippen molar-refractivity contribution >= 4 is 29.9 Å². The number of hydrogen-bond donors (Lipinski definition) is 2. The van der Waals surface area contributed by atoms with Crippen molar-refractivity contribution in [1.82, 2.24) is 10.6 Å². The summed E-state index contributed by atoms with van der Waals surface area (Å²) in [6.07, 6.45) is 3.63. The predicted octanol–water partition coefficient (Wildman–Crippen LogP) is 2.68. The lowest BCUT2D eigenvalue weighted by atomic mass is 9.90. The van der Waals surface area contributed by atoms with Gasteiger partial charge in [0.15, 0.2) is 0 Å². The molecule has 1 aromatic carbocycles. The Morgan fingerprint density at radius 1 is 1.30 bits per heavy atom. The normalized spacial score (nSPS) is 21.1. The highest BCUT2D eigenvalue weighted by Crippen LogP contribution is 2.48. The maximum atomic E-state index is 12.6. The molecule has 0 radical (unpaired) electrons. The number of halogens is 2. The molecule has 1 heterocycles. The third-order valence-corrected chi connectivity index (χ3v) is 5.33. The summed E-state index contributed by atoms with van der Waals surface area (Å²) in [5.41, 5.74) is 0.606. The molecule has 2 aliphatic rings. The fraction of sp³-hybridized carbons (Fsp3) is 0.588. The summed E-state index contributed by atoms with van der Waals surface area (Å²) in [4.78, 5) is 12.6. The Hall–Kier alpha value is -0.810. The average molecular weight is 359 g/mol. The Labute approximate surface area is 148 Å². The SMILES string of the molecule is COC1(C(=O)NCC2(c3cccc(Cl)c3)CC2)CCNCC1.Cl. The number of piperidine rings is 1. The first-order valence-corrected chi connectivity index (χ1v) is 8.28. The fourth-order valence-corrected chi connectivity index (χ4v) is 3.49. The summed E-state index contributed by atoms with van der Waals surface area (Å²) >= 11 is 6.09. The minimum atomic E-state index is -0.671. The molecule has 3 rings (SSSR count). The standard InChI is InChI=1S/C17H23ClN2O2.ClH/c1-22-17(7-9-19-10-8-17)15(21)20-12-16(5-6-16)13-3-2-4-14(18)11-13;/h2-4,11,19H,5-10,12H2,1H3,(H,20,21);1H. The van der Waals surface area contributed by atoms with Gasteiger partial charge in [-0.3, -0.25) is 4.79 Å². The van der Waals surface area contributed by atoms with Gasteiger partial charge in [0.05, 0.1) is 0 Å². The largest absolute Gasteiger partial charge is 0.368 e. The maximum Gasteiger partial charge on any atom is 0.252 e. The molecule has 0 aromatic heterocycles. The van der Waals surface area contributed by atoms with E-state index in [0.29, 0.717) is 6.54 Å². The van der Waals surface area contributed by atoms with Crippen molar-refractivity contribution in [2.75, 3.05) is 26.7 Å². The maximum absolute atomic E-state index is 12.6. The Morgan fingerprint density at radius 2 is 2.00 bits per heavy atom. The highest BCUT2D eigenvalue weighted by atomic mass is 35.5. The van der Waals surface area contributed by atoms with Crippen LogP contribution in [0.4, 0.5) is 0 Å². The lowest BCUT2D eigenvalue weighted by Gasteiger charge is -2.35.